The standard InChI is InChI=1S/2C21H46N2.C21H45NO.C19H41NO.C17H36N2.C17H35NO/c2*1-5-7-8-9-10-11-12-13-14-15-16-17-18-19-20(22)21(6-2)23(3)4;1-5-7-8-9-10-11-12-13-14-15-16-17-18-19-21(23)20(6-2)22(3)4;1-3-5-6-7-8-9-10-11-12-13-14-15-16-17-19(21)18(20)4-2;1-3-4-5-6-7-8-9-10-11-12-13-14-15-17(2,19)16-18;1-3-4-5-6-7-8-9-10-11-12-13-14-15-17(2,18)16-19/h2*20-21H,5-19,22H2,1-4H3;20-21,23H,5-19H2,1-4H3;18-19,21H,3-17,20H2,1-2H3;12-13H,3-11,14-16,18-19H2,1-2H3;12-13,19H,3-11,14-16,18H2,1-2H3/b;;;;2*13-12+/t20-,21+;2*20-,21-;18-,19-;;/m1001../s1. The Balaban J connectivity index is -0.000000349. The van der Waals surface area contributed by atoms with Gasteiger partial charge in [0.1, 0.15) is 0 Å². The molecule has 0 aliphatic carbocycles. The van der Waals surface area contributed by atoms with Crippen LogP contribution in [0.3, 0.4) is 0 Å². The fourth-order valence-electron chi connectivity index (χ4n) is 18.0. The predicted molar refractivity (Wildman–Crippen MR) is 583 cm³/mol. The van der Waals surface area contributed by atoms with Crippen molar-refractivity contribution in [3.63, 3.8) is 0 Å². The van der Waals surface area contributed by atoms with Gasteiger partial charge in [-0.1, -0.05) is 517 Å². The van der Waals surface area contributed by atoms with Crippen molar-refractivity contribution in [1.82, 2.24) is 14.7 Å². The van der Waals surface area contributed by atoms with Crippen molar-refractivity contribution in [2.45, 2.75) is 669 Å². The van der Waals surface area contributed by atoms with Gasteiger partial charge in [-0.3, -0.25) is 0 Å². The Morgan fingerprint density at radius 3 is 0.617 bits per heavy atom. The number of nitrogens with two attached hydrogens (primary N) is 6. The third-order valence-electron chi connectivity index (χ3n) is 27.5. The summed E-state index contributed by atoms with van der Waals surface area (Å²) in [6.07, 6.45) is 118. The average Bonchev–Trinajstić information content (AvgIpc) is 0.934. The zero-order valence-corrected chi connectivity index (χ0v) is 91.5. The Hall–Kier alpha value is -1.00. The molecule has 0 fully saturated rings. The predicted octanol–water partition coefficient (Wildman–Crippen LogP) is 33.1. The maximum Gasteiger partial charge on any atom is 0.0695 e. The normalized spacial score (nSPS) is 14.5. The number of aliphatic hydroxyl groups excluding tert-OH is 3. The average molecular weight is 1820 g/mol. The van der Waals surface area contributed by atoms with E-state index in [9.17, 15) is 10.2 Å². The van der Waals surface area contributed by atoms with Crippen molar-refractivity contribution in [3.8, 4) is 0 Å². The number of hydrogen-bond donors (Lipinski definition) is 9. The number of rotatable bonds is 93. The topological polar surface area (TPSA) is 227 Å². The monoisotopic (exact) mass is 1820 g/mol. The number of likely N-dealkylation sites (N-methyl/N-ethyl adjacent to an activating group) is 3. The lowest BCUT2D eigenvalue weighted by Gasteiger charge is -2.29. The third-order valence-corrected chi connectivity index (χ3v) is 27.5. The molecule has 0 heterocycles. The summed E-state index contributed by atoms with van der Waals surface area (Å²) in [5, 5.41) is 29.0. The van der Waals surface area contributed by atoms with Crippen LogP contribution in [0.4, 0.5) is 0 Å². The summed E-state index contributed by atoms with van der Waals surface area (Å²) in [5.41, 5.74) is 35.3. The van der Waals surface area contributed by atoms with Crippen LogP contribution >= 0.6 is 0 Å². The third kappa shape index (κ3) is 112. The minimum absolute atomic E-state index is 0.0256. The molecule has 0 radical (unpaired) electrons. The zero-order chi connectivity index (χ0) is 96.6. The van der Waals surface area contributed by atoms with Gasteiger partial charge >= 0.3 is 0 Å². The van der Waals surface area contributed by atoms with E-state index < -0.39 is 5.54 Å². The molecule has 0 aromatic rings. The van der Waals surface area contributed by atoms with Gasteiger partial charge in [0.2, 0.25) is 0 Å². The molecule has 0 saturated carbocycles. The smallest absolute Gasteiger partial charge is 0.0695 e. The first-order valence-corrected chi connectivity index (χ1v) is 57.7. The highest BCUT2D eigenvalue weighted by molar-refractivity contribution is 4.89. The molecule has 0 amide bonds. The van der Waals surface area contributed by atoms with Crippen LogP contribution in [-0.2, 0) is 0 Å². The molecule has 0 saturated heterocycles. The molecular weight excluding hydrogens is 1570 g/mol. The van der Waals surface area contributed by atoms with Gasteiger partial charge in [-0.05, 0) is 159 Å². The van der Waals surface area contributed by atoms with Gasteiger partial charge in [-0.15, -0.1) is 0 Å². The van der Waals surface area contributed by atoms with E-state index in [1.165, 1.54) is 456 Å². The van der Waals surface area contributed by atoms with Crippen molar-refractivity contribution in [2.75, 3.05) is 55.4 Å². The number of aliphatic hydroxyl groups is 3. The summed E-state index contributed by atoms with van der Waals surface area (Å²) < 4.78 is 0. The number of nitrogens with zero attached hydrogens (tertiary/aromatic N) is 3. The Morgan fingerprint density at radius 2 is 0.422 bits per heavy atom. The lowest BCUT2D eigenvalue weighted by Crippen LogP contribution is -2.43. The second-order valence-electron chi connectivity index (χ2n) is 41.7. The van der Waals surface area contributed by atoms with Crippen LogP contribution in [-0.4, -0.2) is 145 Å². The van der Waals surface area contributed by atoms with Crippen molar-refractivity contribution in [2.24, 2.45) is 34.4 Å². The molecule has 12 heteroatoms. The van der Waals surface area contributed by atoms with Crippen LogP contribution < -0.4 is 34.4 Å². The van der Waals surface area contributed by atoms with E-state index in [-0.39, 0.29) is 30.4 Å². The van der Waals surface area contributed by atoms with Gasteiger partial charge in [0.25, 0.3) is 0 Å². The number of allylic oxidation sites excluding steroid dienone is 4. The summed E-state index contributed by atoms with van der Waals surface area (Å²) in [6, 6.07) is 2.10. The Morgan fingerprint density at radius 1 is 0.234 bits per heavy atom. The summed E-state index contributed by atoms with van der Waals surface area (Å²) in [7, 11) is 12.7. The van der Waals surface area contributed by atoms with E-state index in [2.05, 4.69) is 144 Å². The zero-order valence-electron chi connectivity index (χ0n) is 91.5. The summed E-state index contributed by atoms with van der Waals surface area (Å²) in [6.45, 7) is 26.9. The second-order valence-corrected chi connectivity index (χ2v) is 41.7. The van der Waals surface area contributed by atoms with Crippen molar-refractivity contribution >= 4 is 0 Å². The minimum atomic E-state index is -0.414. The van der Waals surface area contributed by atoms with E-state index in [1.54, 1.807) is 0 Å². The van der Waals surface area contributed by atoms with Crippen molar-refractivity contribution in [3.05, 3.63) is 24.3 Å². The molecule has 2 unspecified atom stereocenters. The van der Waals surface area contributed by atoms with Gasteiger partial charge in [-0.25, -0.2) is 0 Å². The van der Waals surface area contributed by atoms with Crippen molar-refractivity contribution < 1.29 is 15.3 Å². The molecule has 0 aliphatic rings. The maximum absolute atomic E-state index is 10.2. The van der Waals surface area contributed by atoms with Crippen LogP contribution in [0.5, 0.6) is 0 Å². The first-order chi connectivity index (χ1) is 61.8. The fraction of sp³-hybridized carbons (Fsp3) is 0.966. The molecule has 0 aliphatic heterocycles. The van der Waals surface area contributed by atoms with E-state index in [0.717, 1.165) is 70.6 Å². The van der Waals surface area contributed by atoms with E-state index in [0.29, 0.717) is 36.8 Å². The number of hydrogen-bond acceptors (Lipinski definition) is 12. The summed E-state index contributed by atoms with van der Waals surface area (Å²) in [4.78, 5) is 6.73. The molecule has 0 spiro atoms. The van der Waals surface area contributed by atoms with Gasteiger partial charge in [0.15, 0.2) is 0 Å². The van der Waals surface area contributed by atoms with Crippen LogP contribution in [0.1, 0.15) is 610 Å². The fourth-order valence-corrected chi connectivity index (χ4v) is 18.0. The van der Waals surface area contributed by atoms with Crippen LogP contribution in [0.2, 0.25) is 0 Å². The van der Waals surface area contributed by atoms with Gasteiger partial charge in [0.05, 0.1) is 18.8 Å². The van der Waals surface area contributed by atoms with E-state index in [1.807, 2.05) is 20.8 Å². The molecule has 0 rings (SSSR count). The molecule has 128 heavy (non-hydrogen) atoms. The van der Waals surface area contributed by atoms with Gasteiger partial charge in [-0.2, -0.15) is 0 Å². The SMILES string of the molecule is CCCCCCCCCC/C=C/CCC(C)(N)CN.CCCCCCCCCC/C=C/CCC(C)(N)CO.CCCCCCCCCCCCCCC[C@@H](N)[C@H](CC)N(C)C.CCCCCCCCCCCCCCC[C@@H](O)[C@H](N)CC.CCCCCCCCCCCCCCC[C@H](N)[C@H](CC)N(C)C.CCCCCCCCCCCCCCC[C@H](O)[C@H](CC)N(C)C. The van der Waals surface area contributed by atoms with Crippen molar-refractivity contribution in [1.29, 1.82) is 0 Å². The highest BCUT2D eigenvalue weighted by Gasteiger charge is 2.21. The molecule has 0 aromatic heterocycles. The number of unbranched alkanes of at least 4 members (excludes halogenated alkanes) is 64. The molecule has 10 atom stereocenters. The first-order valence-electron chi connectivity index (χ1n) is 57.7. The summed E-state index contributed by atoms with van der Waals surface area (Å²) >= 11 is 0. The molecule has 0 aromatic carbocycles. The van der Waals surface area contributed by atoms with Gasteiger partial charge in [0, 0.05) is 53.9 Å². The lowest BCUT2D eigenvalue weighted by atomic mass is 9.97. The maximum atomic E-state index is 10.2. The van der Waals surface area contributed by atoms with E-state index in [4.69, 9.17) is 39.5 Å². The Bertz CT molecular complexity index is 1860. The molecule has 12 nitrogen and oxygen atoms in total. The molecule has 0 bridgehead atoms. The molecule has 15 N–H and O–H groups in total. The molecular formula is C116H249N9O3. The quantitative estimate of drug-likeness (QED) is 0.0205. The Labute approximate surface area is 808 Å². The highest BCUT2D eigenvalue weighted by Crippen LogP contribution is 2.23. The lowest BCUT2D eigenvalue weighted by molar-refractivity contribution is 0.0649. The van der Waals surface area contributed by atoms with Gasteiger partial charge < -0.3 is 64.4 Å². The first kappa shape index (κ1) is 138. The minimum Gasteiger partial charge on any atom is -0.394 e. The Kier molecular flexibility index (Phi) is 122. The second kappa shape index (κ2) is 113. The highest BCUT2D eigenvalue weighted by atomic mass is 16.3. The largest absolute Gasteiger partial charge is 0.394 e. The van der Waals surface area contributed by atoms with Crippen LogP contribution in [0.25, 0.3) is 0 Å². The molecule has 776 valence electrons. The summed E-state index contributed by atoms with van der Waals surface area (Å²) in [5.74, 6) is 0. The van der Waals surface area contributed by atoms with Crippen LogP contribution in [0, 0.1) is 0 Å². The van der Waals surface area contributed by atoms with E-state index >= 15 is 0 Å². The van der Waals surface area contributed by atoms with Crippen LogP contribution in [0.15, 0.2) is 24.3 Å².